The molecule has 0 aliphatic carbocycles. The molecule has 3 rings (SSSR count). The van der Waals surface area contributed by atoms with Crippen molar-refractivity contribution in [2.75, 3.05) is 39.8 Å². The average Bonchev–Trinajstić information content (AvgIpc) is 2.89. The van der Waals surface area contributed by atoms with Crippen molar-refractivity contribution in [1.82, 2.24) is 15.1 Å². The molecule has 2 bridgehead atoms. The molecule has 0 aromatic carbocycles. The fourth-order valence-corrected chi connectivity index (χ4v) is 4.12. The second-order valence-corrected chi connectivity index (χ2v) is 5.80. The first-order chi connectivity index (χ1) is 7.88. The number of nitrogens with one attached hydrogen (secondary N) is 1. The molecule has 3 saturated heterocycles. The van der Waals surface area contributed by atoms with Gasteiger partial charge in [-0.2, -0.15) is 0 Å². The summed E-state index contributed by atoms with van der Waals surface area (Å²) < 4.78 is 0. The number of rotatable bonds is 3. The lowest BCUT2D eigenvalue weighted by Crippen LogP contribution is -2.50. The average molecular weight is 223 g/mol. The molecule has 4 atom stereocenters. The summed E-state index contributed by atoms with van der Waals surface area (Å²) in [5.74, 6) is 0.978. The van der Waals surface area contributed by atoms with E-state index in [1.807, 2.05) is 0 Å². The Morgan fingerprint density at radius 1 is 1.12 bits per heavy atom. The third-order valence-corrected chi connectivity index (χ3v) is 4.88. The minimum Gasteiger partial charge on any atom is -0.318 e. The molecule has 3 nitrogen and oxygen atoms in total. The van der Waals surface area contributed by atoms with Gasteiger partial charge in [0.1, 0.15) is 0 Å². The van der Waals surface area contributed by atoms with Crippen molar-refractivity contribution in [3.63, 3.8) is 0 Å². The molecule has 92 valence electrons. The largest absolute Gasteiger partial charge is 0.318 e. The van der Waals surface area contributed by atoms with Crippen molar-refractivity contribution in [3.8, 4) is 0 Å². The maximum atomic E-state index is 3.37. The lowest BCUT2D eigenvalue weighted by molar-refractivity contribution is 0.0894. The van der Waals surface area contributed by atoms with Gasteiger partial charge in [0.05, 0.1) is 0 Å². The standard InChI is InChI=1S/C13H25N3/c1-14-9-12-3-2-6-16(12)13-5-8-15-7-4-11(13)10-15/h11-14H,2-10H2,1H3. The molecule has 0 saturated carbocycles. The molecule has 0 aromatic heterocycles. The van der Waals surface area contributed by atoms with Gasteiger partial charge >= 0.3 is 0 Å². The van der Waals surface area contributed by atoms with Crippen LogP contribution in [-0.2, 0) is 0 Å². The molecule has 4 unspecified atom stereocenters. The molecule has 3 aliphatic rings. The summed E-state index contributed by atoms with van der Waals surface area (Å²) >= 11 is 0. The zero-order valence-electron chi connectivity index (χ0n) is 10.5. The number of likely N-dealkylation sites (tertiary alicyclic amines) is 1. The Morgan fingerprint density at radius 3 is 2.88 bits per heavy atom. The SMILES string of the molecule is CNCC1CCCN1C1CCN2CCC1C2. The fourth-order valence-electron chi connectivity index (χ4n) is 4.12. The first kappa shape index (κ1) is 11.0. The third kappa shape index (κ3) is 1.89. The Balaban J connectivity index is 1.66. The number of hydrogen-bond donors (Lipinski definition) is 1. The van der Waals surface area contributed by atoms with Crippen LogP contribution in [-0.4, -0.2) is 61.7 Å². The second-order valence-electron chi connectivity index (χ2n) is 5.80. The van der Waals surface area contributed by atoms with Crippen molar-refractivity contribution in [2.24, 2.45) is 5.92 Å². The molecule has 0 spiro atoms. The molecule has 0 aromatic rings. The van der Waals surface area contributed by atoms with E-state index in [9.17, 15) is 0 Å². The van der Waals surface area contributed by atoms with E-state index in [0.717, 1.165) is 18.0 Å². The molecule has 3 heterocycles. The van der Waals surface area contributed by atoms with Crippen LogP contribution in [0.15, 0.2) is 0 Å². The van der Waals surface area contributed by atoms with Gasteiger partial charge in [0.2, 0.25) is 0 Å². The van der Waals surface area contributed by atoms with Crippen LogP contribution in [0.4, 0.5) is 0 Å². The van der Waals surface area contributed by atoms with Gasteiger partial charge in [-0.25, -0.2) is 0 Å². The molecule has 0 radical (unpaired) electrons. The Labute approximate surface area is 99.2 Å². The molecule has 0 amide bonds. The Bertz CT molecular complexity index is 243. The summed E-state index contributed by atoms with van der Waals surface area (Å²) in [4.78, 5) is 5.49. The lowest BCUT2D eigenvalue weighted by atomic mass is 9.92. The fraction of sp³-hybridized carbons (Fsp3) is 1.00. The van der Waals surface area contributed by atoms with E-state index in [2.05, 4.69) is 22.2 Å². The van der Waals surface area contributed by atoms with Gasteiger partial charge in [-0.15, -0.1) is 0 Å². The summed E-state index contributed by atoms with van der Waals surface area (Å²) in [7, 11) is 2.09. The summed E-state index contributed by atoms with van der Waals surface area (Å²) in [5, 5.41) is 3.37. The first-order valence-electron chi connectivity index (χ1n) is 7.01. The van der Waals surface area contributed by atoms with Crippen LogP contribution in [0.2, 0.25) is 0 Å². The number of hydrogen-bond acceptors (Lipinski definition) is 3. The Kier molecular flexibility index (Phi) is 3.18. The summed E-state index contributed by atoms with van der Waals surface area (Å²) in [6.07, 6.45) is 5.70. The van der Waals surface area contributed by atoms with Crippen molar-refractivity contribution < 1.29 is 0 Å². The van der Waals surface area contributed by atoms with Gasteiger partial charge in [-0.05, 0) is 58.3 Å². The predicted molar refractivity (Wildman–Crippen MR) is 66.6 cm³/mol. The highest BCUT2D eigenvalue weighted by Crippen LogP contribution is 2.34. The van der Waals surface area contributed by atoms with Crippen molar-refractivity contribution in [3.05, 3.63) is 0 Å². The molecule has 16 heavy (non-hydrogen) atoms. The Morgan fingerprint density at radius 2 is 2.00 bits per heavy atom. The van der Waals surface area contributed by atoms with Gasteiger partial charge in [0.15, 0.2) is 0 Å². The van der Waals surface area contributed by atoms with Crippen LogP contribution in [0.3, 0.4) is 0 Å². The highest BCUT2D eigenvalue weighted by molar-refractivity contribution is 4.96. The van der Waals surface area contributed by atoms with Gasteiger partial charge in [-0.1, -0.05) is 0 Å². The molecular weight excluding hydrogens is 198 g/mol. The topological polar surface area (TPSA) is 18.5 Å². The molecule has 1 N–H and O–H groups in total. The molecule has 3 aliphatic heterocycles. The summed E-state index contributed by atoms with van der Waals surface area (Å²) in [6, 6.07) is 1.72. The number of likely N-dealkylation sites (N-methyl/N-ethyl adjacent to an activating group) is 1. The highest BCUT2D eigenvalue weighted by Gasteiger charge is 2.40. The molecule has 3 fully saturated rings. The van der Waals surface area contributed by atoms with E-state index in [0.29, 0.717) is 0 Å². The van der Waals surface area contributed by atoms with Crippen LogP contribution < -0.4 is 5.32 Å². The van der Waals surface area contributed by atoms with E-state index in [1.165, 1.54) is 58.4 Å². The second kappa shape index (κ2) is 4.63. The maximum absolute atomic E-state index is 3.37. The quantitative estimate of drug-likeness (QED) is 0.762. The van der Waals surface area contributed by atoms with Crippen LogP contribution in [0.1, 0.15) is 25.7 Å². The number of piperidine rings is 1. The molecular formula is C13H25N3. The number of nitrogens with zero attached hydrogens (tertiary/aromatic N) is 2. The lowest BCUT2D eigenvalue weighted by Gasteiger charge is -2.40. The van der Waals surface area contributed by atoms with Gasteiger partial charge in [-0.3, -0.25) is 4.90 Å². The number of fused-ring (bicyclic) bond motifs is 2. The van der Waals surface area contributed by atoms with Crippen molar-refractivity contribution in [2.45, 2.75) is 37.8 Å². The van der Waals surface area contributed by atoms with E-state index >= 15 is 0 Å². The maximum Gasteiger partial charge on any atom is 0.0224 e. The first-order valence-corrected chi connectivity index (χ1v) is 7.01. The van der Waals surface area contributed by atoms with Gasteiger partial charge in [0, 0.05) is 25.2 Å². The predicted octanol–water partition coefficient (Wildman–Crippen LogP) is 0.764. The normalized spacial score (nSPS) is 44.1. The molecule has 3 heteroatoms. The minimum absolute atomic E-state index is 0.821. The zero-order valence-corrected chi connectivity index (χ0v) is 10.5. The van der Waals surface area contributed by atoms with Crippen LogP contribution >= 0.6 is 0 Å². The Hall–Kier alpha value is -0.120. The summed E-state index contributed by atoms with van der Waals surface area (Å²) in [5.41, 5.74) is 0. The van der Waals surface area contributed by atoms with Crippen LogP contribution in [0.5, 0.6) is 0 Å². The van der Waals surface area contributed by atoms with Gasteiger partial charge in [0.25, 0.3) is 0 Å². The van der Waals surface area contributed by atoms with Crippen molar-refractivity contribution >= 4 is 0 Å². The van der Waals surface area contributed by atoms with Gasteiger partial charge < -0.3 is 10.2 Å². The monoisotopic (exact) mass is 223 g/mol. The highest BCUT2D eigenvalue weighted by atomic mass is 15.3. The van der Waals surface area contributed by atoms with Crippen molar-refractivity contribution in [1.29, 1.82) is 0 Å². The van der Waals surface area contributed by atoms with E-state index < -0.39 is 0 Å². The van der Waals surface area contributed by atoms with Crippen LogP contribution in [0, 0.1) is 5.92 Å². The minimum atomic E-state index is 0.821. The van der Waals surface area contributed by atoms with E-state index in [4.69, 9.17) is 0 Å². The van der Waals surface area contributed by atoms with E-state index in [-0.39, 0.29) is 0 Å². The zero-order chi connectivity index (χ0) is 11.0. The third-order valence-electron chi connectivity index (χ3n) is 4.88. The van der Waals surface area contributed by atoms with E-state index in [1.54, 1.807) is 0 Å². The van der Waals surface area contributed by atoms with Crippen LogP contribution in [0.25, 0.3) is 0 Å². The summed E-state index contributed by atoms with van der Waals surface area (Å²) in [6.45, 7) is 6.64. The smallest absolute Gasteiger partial charge is 0.0224 e.